The van der Waals surface area contributed by atoms with E-state index in [2.05, 4.69) is 46.0 Å². The molecule has 1 saturated heterocycles. The van der Waals surface area contributed by atoms with E-state index >= 15 is 0 Å². The number of benzene rings is 1. The van der Waals surface area contributed by atoms with Crippen molar-refractivity contribution in [2.24, 2.45) is 0 Å². The Kier molecular flexibility index (Phi) is 7.40. The van der Waals surface area contributed by atoms with Gasteiger partial charge in [-0.25, -0.2) is 9.78 Å². The Morgan fingerprint density at radius 1 is 1.19 bits per heavy atom. The molecule has 0 atom stereocenters. The van der Waals surface area contributed by atoms with Gasteiger partial charge in [0.1, 0.15) is 5.82 Å². The predicted octanol–water partition coefficient (Wildman–Crippen LogP) is 2.45. The lowest BCUT2D eigenvalue weighted by Gasteiger charge is -2.34. The minimum absolute atomic E-state index is 0.0734. The molecule has 1 aromatic heterocycles. The fourth-order valence-corrected chi connectivity index (χ4v) is 3.55. The number of hydrogen-bond acceptors (Lipinski definition) is 5. The molecule has 0 saturated carbocycles. The number of aromatic carboxylic acids is 1. The maximum Gasteiger partial charge on any atom is 0.335 e. The Labute approximate surface area is 183 Å². The van der Waals surface area contributed by atoms with Crippen molar-refractivity contribution in [1.29, 1.82) is 0 Å². The minimum atomic E-state index is -0.980. The van der Waals surface area contributed by atoms with Crippen LogP contribution in [0.3, 0.4) is 0 Å². The second kappa shape index (κ2) is 10.2. The number of anilines is 1. The van der Waals surface area contributed by atoms with Crippen LogP contribution in [0, 0.1) is 18.8 Å². The van der Waals surface area contributed by atoms with Crippen LogP contribution in [-0.4, -0.2) is 71.5 Å². The van der Waals surface area contributed by atoms with Crippen LogP contribution < -0.4 is 5.32 Å². The third-order valence-corrected chi connectivity index (χ3v) is 5.51. The lowest BCUT2D eigenvalue weighted by molar-refractivity contribution is -0.117. The Morgan fingerprint density at radius 2 is 1.94 bits per heavy atom. The summed E-state index contributed by atoms with van der Waals surface area (Å²) in [5.41, 5.74) is 2.46. The average molecular weight is 421 g/mol. The van der Waals surface area contributed by atoms with Crippen LogP contribution in [0.15, 0.2) is 36.5 Å². The first-order valence-corrected chi connectivity index (χ1v) is 10.3. The first kappa shape index (κ1) is 22.5. The fraction of sp³-hybridized carbons (Fsp3) is 0.375. The van der Waals surface area contributed by atoms with Gasteiger partial charge in [-0.1, -0.05) is 17.9 Å². The fourth-order valence-electron chi connectivity index (χ4n) is 3.55. The molecule has 1 amide bonds. The van der Waals surface area contributed by atoms with Crippen molar-refractivity contribution >= 4 is 17.7 Å². The van der Waals surface area contributed by atoms with Crippen molar-refractivity contribution in [2.45, 2.75) is 25.8 Å². The molecule has 7 heteroatoms. The first-order valence-electron chi connectivity index (χ1n) is 10.3. The Bertz CT molecular complexity index is 998. The molecule has 1 aliphatic heterocycles. The molecule has 0 spiro atoms. The highest BCUT2D eigenvalue weighted by atomic mass is 16.4. The molecule has 2 aromatic rings. The molecule has 7 nitrogen and oxygen atoms in total. The highest BCUT2D eigenvalue weighted by molar-refractivity contribution is 5.91. The molecule has 31 heavy (non-hydrogen) atoms. The summed E-state index contributed by atoms with van der Waals surface area (Å²) in [7, 11) is 4.20. The predicted molar refractivity (Wildman–Crippen MR) is 120 cm³/mol. The molecule has 0 bridgehead atoms. The monoisotopic (exact) mass is 420 g/mol. The normalized spacial score (nSPS) is 14.7. The van der Waals surface area contributed by atoms with Gasteiger partial charge in [-0.3, -0.25) is 9.69 Å². The SMILES string of the molecule is Cc1ccc(C(=O)O)cc1C#Cc1ccc(NC(=O)CN2CCC(N(C)C)CC2)nc1. The number of aryl methyl sites for hydroxylation is 1. The summed E-state index contributed by atoms with van der Waals surface area (Å²) in [6.45, 7) is 4.08. The van der Waals surface area contributed by atoms with Crippen molar-refractivity contribution in [3.05, 3.63) is 58.8 Å². The lowest BCUT2D eigenvalue weighted by Crippen LogP contribution is -2.44. The molecule has 162 valence electrons. The highest BCUT2D eigenvalue weighted by Crippen LogP contribution is 2.14. The smallest absolute Gasteiger partial charge is 0.335 e. The third-order valence-electron chi connectivity index (χ3n) is 5.51. The summed E-state index contributed by atoms with van der Waals surface area (Å²) in [6, 6.07) is 8.97. The quantitative estimate of drug-likeness (QED) is 0.723. The van der Waals surface area contributed by atoms with Crippen molar-refractivity contribution in [3.8, 4) is 11.8 Å². The van der Waals surface area contributed by atoms with Gasteiger partial charge in [-0.15, -0.1) is 0 Å². The number of nitrogens with one attached hydrogen (secondary N) is 1. The van der Waals surface area contributed by atoms with E-state index in [0.29, 0.717) is 29.5 Å². The Morgan fingerprint density at radius 3 is 2.55 bits per heavy atom. The van der Waals surface area contributed by atoms with Gasteiger partial charge in [-0.2, -0.15) is 0 Å². The second-order valence-corrected chi connectivity index (χ2v) is 8.04. The van der Waals surface area contributed by atoms with E-state index in [0.717, 1.165) is 31.5 Å². The van der Waals surface area contributed by atoms with Gasteiger partial charge in [0, 0.05) is 36.5 Å². The molecule has 0 aliphatic carbocycles. The molecular formula is C24H28N4O3. The van der Waals surface area contributed by atoms with Crippen molar-refractivity contribution in [1.82, 2.24) is 14.8 Å². The number of hydrogen-bond donors (Lipinski definition) is 2. The number of amides is 1. The zero-order valence-corrected chi connectivity index (χ0v) is 18.2. The number of carbonyl (C=O) groups excluding carboxylic acids is 1. The topological polar surface area (TPSA) is 85.8 Å². The number of carbonyl (C=O) groups is 2. The summed E-state index contributed by atoms with van der Waals surface area (Å²) in [6.07, 6.45) is 3.74. The summed E-state index contributed by atoms with van der Waals surface area (Å²) in [4.78, 5) is 32.2. The van der Waals surface area contributed by atoms with E-state index in [4.69, 9.17) is 5.11 Å². The van der Waals surface area contributed by atoms with Crippen LogP contribution in [0.4, 0.5) is 5.82 Å². The maximum absolute atomic E-state index is 12.3. The summed E-state index contributed by atoms with van der Waals surface area (Å²) in [5.74, 6) is 5.43. The van der Waals surface area contributed by atoms with Gasteiger partial charge in [0.25, 0.3) is 0 Å². The van der Waals surface area contributed by atoms with Crippen LogP contribution in [0.2, 0.25) is 0 Å². The number of pyridine rings is 1. The van der Waals surface area contributed by atoms with Crippen LogP contribution in [0.5, 0.6) is 0 Å². The molecular weight excluding hydrogens is 392 g/mol. The van der Waals surface area contributed by atoms with Gasteiger partial charge in [0.05, 0.1) is 12.1 Å². The third kappa shape index (κ3) is 6.38. The van der Waals surface area contributed by atoms with Crippen LogP contribution in [-0.2, 0) is 4.79 Å². The number of nitrogens with zero attached hydrogens (tertiary/aromatic N) is 3. The summed E-state index contributed by atoms with van der Waals surface area (Å²) in [5, 5.41) is 12.0. The summed E-state index contributed by atoms with van der Waals surface area (Å²) >= 11 is 0. The van der Waals surface area contributed by atoms with Crippen molar-refractivity contribution in [3.63, 3.8) is 0 Å². The molecule has 1 fully saturated rings. The van der Waals surface area contributed by atoms with Gasteiger partial charge in [-0.05, 0) is 63.7 Å². The van der Waals surface area contributed by atoms with E-state index in [-0.39, 0.29) is 11.5 Å². The average Bonchev–Trinajstić information content (AvgIpc) is 2.74. The number of carboxylic acids is 1. The second-order valence-electron chi connectivity index (χ2n) is 8.04. The van der Waals surface area contributed by atoms with Crippen LogP contribution >= 0.6 is 0 Å². The van der Waals surface area contributed by atoms with E-state index in [1.54, 1.807) is 36.5 Å². The van der Waals surface area contributed by atoms with Crippen molar-refractivity contribution in [2.75, 3.05) is 39.0 Å². The number of piperidine rings is 1. The van der Waals surface area contributed by atoms with Crippen molar-refractivity contribution < 1.29 is 14.7 Å². The number of likely N-dealkylation sites (tertiary alicyclic amines) is 1. The van der Waals surface area contributed by atoms with Gasteiger partial charge >= 0.3 is 5.97 Å². The number of aromatic nitrogens is 1. The number of carboxylic acid groups (broad SMARTS) is 1. The Balaban J connectivity index is 1.55. The zero-order valence-electron chi connectivity index (χ0n) is 18.2. The molecule has 0 radical (unpaired) electrons. The molecule has 1 aliphatic rings. The lowest BCUT2D eigenvalue weighted by atomic mass is 10.0. The maximum atomic E-state index is 12.3. The highest BCUT2D eigenvalue weighted by Gasteiger charge is 2.22. The van der Waals surface area contributed by atoms with E-state index in [9.17, 15) is 9.59 Å². The molecule has 2 heterocycles. The first-order chi connectivity index (χ1) is 14.8. The molecule has 2 N–H and O–H groups in total. The minimum Gasteiger partial charge on any atom is -0.478 e. The standard InChI is InChI=1S/C24H28N4O3/c1-17-4-7-20(24(30)31)14-19(17)8-5-18-6-9-22(25-15-18)26-23(29)16-28-12-10-21(11-13-28)27(2)3/h4,6-7,9,14-15,21H,10-13,16H2,1-3H3,(H,30,31)(H,25,26,29). The molecule has 3 rings (SSSR count). The van der Waals surface area contributed by atoms with E-state index in [1.807, 2.05) is 6.92 Å². The van der Waals surface area contributed by atoms with Gasteiger partial charge in [0.2, 0.25) is 5.91 Å². The largest absolute Gasteiger partial charge is 0.478 e. The molecule has 1 aromatic carbocycles. The molecule has 0 unspecified atom stereocenters. The zero-order chi connectivity index (χ0) is 22.4. The Hall–Kier alpha value is -3.21. The number of rotatable bonds is 5. The van der Waals surface area contributed by atoms with Gasteiger partial charge < -0.3 is 15.3 Å². The van der Waals surface area contributed by atoms with E-state index < -0.39 is 5.97 Å². The van der Waals surface area contributed by atoms with Crippen LogP contribution in [0.25, 0.3) is 0 Å². The van der Waals surface area contributed by atoms with E-state index in [1.165, 1.54) is 0 Å². The summed E-state index contributed by atoms with van der Waals surface area (Å²) < 4.78 is 0. The van der Waals surface area contributed by atoms with Gasteiger partial charge in [0.15, 0.2) is 0 Å². The van der Waals surface area contributed by atoms with Crippen LogP contribution in [0.1, 0.15) is 39.9 Å².